The van der Waals surface area contributed by atoms with Gasteiger partial charge in [0.25, 0.3) is 5.91 Å². The van der Waals surface area contributed by atoms with Crippen LogP contribution < -0.4 is 5.32 Å². The number of hydrogen-bond acceptors (Lipinski definition) is 4. The molecule has 3 aromatic carbocycles. The van der Waals surface area contributed by atoms with Gasteiger partial charge in [0.15, 0.2) is 0 Å². The molecule has 0 aliphatic carbocycles. The molecule has 4 rings (SSSR count). The maximum Gasteiger partial charge on any atom is 0.336 e. The summed E-state index contributed by atoms with van der Waals surface area (Å²) in [5, 5.41) is 2.88. The number of hydrogen-bond donors (Lipinski definition) is 1. The number of carbonyl (C=O) groups is 3. The summed E-state index contributed by atoms with van der Waals surface area (Å²) < 4.78 is 18.8. The van der Waals surface area contributed by atoms with Gasteiger partial charge in [0, 0.05) is 29.3 Å². The highest BCUT2D eigenvalue weighted by Gasteiger charge is 2.37. The first-order valence-corrected chi connectivity index (χ1v) is 12.2. The fraction of sp³-hybridized carbons (Fsp3) is 0.233. The Labute approximate surface area is 215 Å². The van der Waals surface area contributed by atoms with E-state index in [9.17, 15) is 18.8 Å². The minimum absolute atomic E-state index is 0.0463. The highest BCUT2D eigenvalue weighted by atomic mass is 19.1. The van der Waals surface area contributed by atoms with Crippen LogP contribution in [0, 0.1) is 12.7 Å². The van der Waals surface area contributed by atoms with Gasteiger partial charge in [-0.15, -0.1) is 0 Å². The minimum Gasteiger partial charge on any atom is -0.463 e. The number of nitrogens with one attached hydrogen (secondary N) is 1. The summed E-state index contributed by atoms with van der Waals surface area (Å²) in [6.07, 6.45) is 0.0463. The van der Waals surface area contributed by atoms with Crippen LogP contribution in [0.3, 0.4) is 0 Å². The van der Waals surface area contributed by atoms with Gasteiger partial charge < -0.3 is 15.0 Å². The number of aryl methyl sites for hydroxylation is 1. The van der Waals surface area contributed by atoms with Crippen molar-refractivity contribution in [2.45, 2.75) is 39.7 Å². The van der Waals surface area contributed by atoms with Crippen LogP contribution in [0.5, 0.6) is 0 Å². The molecule has 0 bridgehead atoms. The summed E-state index contributed by atoms with van der Waals surface area (Å²) in [6, 6.07) is 20.4. The van der Waals surface area contributed by atoms with Crippen LogP contribution in [0.1, 0.15) is 53.2 Å². The smallest absolute Gasteiger partial charge is 0.336 e. The quantitative estimate of drug-likeness (QED) is 0.420. The number of nitrogens with zero attached hydrogens (tertiary/aromatic N) is 1. The van der Waals surface area contributed by atoms with Crippen molar-refractivity contribution in [2.75, 3.05) is 11.9 Å². The van der Waals surface area contributed by atoms with E-state index in [1.54, 1.807) is 49.1 Å². The Bertz CT molecular complexity index is 1350. The molecule has 6 nitrogen and oxygen atoms in total. The Balaban J connectivity index is 1.61. The molecule has 37 heavy (non-hydrogen) atoms. The number of benzene rings is 3. The Morgan fingerprint density at radius 1 is 1.03 bits per heavy atom. The molecule has 0 aromatic heterocycles. The normalized spacial score (nSPS) is 15.5. The number of esters is 1. The van der Waals surface area contributed by atoms with E-state index < -0.39 is 17.7 Å². The zero-order valence-electron chi connectivity index (χ0n) is 21.1. The van der Waals surface area contributed by atoms with Crippen LogP contribution >= 0.6 is 0 Å². The monoisotopic (exact) mass is 500 g/mol. The van der Waals surface area contributed by atoms with Gasteiger partial charge in [-0.05, 0) is 68.3 Å². The lowest BCUT2D eigenvalue weighted by Gasteiger charge is -2.34. The van der Waals surface area contributed by atoms with Crippen LogP contribution in [0.4, 0.5) is 10.1 Å². The number of ether oxygens (including phenoxy) is 1. The maximum atomic E-state index is 13.5. The summed E-state index contributed by atoms with van der Waals surface area (Å²) in [4.78, 5) is 40.6. The number of halogens is 1. The highest BCUT2D eigenvalue weighted by molar-refractivity contribution is 6.04. The van der Waals surface area contributed by atoms with Crippen LogP contribution in [0.25, 0.3) is 0 Å². The zero-order chi connectivity index (χ0) is 26.5. The molecule has 7 heteroatoms. The maximum absolute atomic E-state index is 13.5. The van der Waals surface area contributed by atoms with Crippen molar-refractivity contribution in [3.63, 3.8) is 0 Å². The standard InChI is InChI=1S/C30H29FN2O4/c1-4-37-30(36)28-20(3)33(27(34)17-26(28)22-10-12-24(31)13-11-22)18-21-6-5-7-23(16-21)29(35)32-25-14-8-19(2)9-15-25/h5-16,26H,4,17-18H2,1-3H3,(H,32,35)/t26-/m1/s1. The summed E-state index contributed by atoms with van der Waals surface area (Å²) >= 11 is 0. The second-order valence-corrected chi connectivity index (χ2v) is 9.03. The van der Waals surface area contributed by atoms with Gasteiger partial charge in [0.1, 0.15) is 5.82 Å². The molecule has 0 radical (unpaired) electrons. The van der Waals surface area contributed by atoms with Gasteiger partial charge in [-0.2, -0.15) is 0 Å². The number of anilines is 1. The molecule has 0 fully saturated rings. The molecule has 0 saturated heterocycles. The molecule has 1 heterocycles. The molecule has 1 atom stereocenters. The largest absolute Gasteiger partial charge is 0.463 e. The lowest BCUT2D eigenvalue weighted by molar-refractivity contribution is -0.140. The average molecular weight is 501 g/mol. The van der Waals surface area contributed by atoms with E-state index in [4.69, 9.17) is 4.74 Å². The molecule has 1 aliphatic heterocycles. The minimum atomic E-state index is -0.532. The summed E-state index contributed by atoms with van der Waals surface area (Å²) in [5.74, 6) is -1.86. The summed E-state index contributed by atoms with van der Waals surface area (Å²) in [7, 11) is 0. The summed E-state index contributed by atoms with van der Waals surface area (Å²) in [6.45, 7) is 5.79. The van der Waals surface area contributed by atoms with Crippen molar-refractivity contribution in [1.29, 1.82) is 0 Å². The van der Waals surface area contributed by atoms with Crippen molar-refractivity contribution in [2.24, 2.45) is 0 Å². The third-order valence-corrected chi connectivity index (χ3v) is 6.43. The molecule has 0 spiro atoms. The Kier molecular flexibility index (Phi) is 7.82. The van der Waals surface area contributed by atoms with Crippen LogP contribution in [-0.4, -0.2) is 29.3 Å². The van der Waals surface area contributed by atoms with Crippen molar-refractivity contribution < 1.29 is 23.5 Å². The van der Waals surface area contributed by atoms with E-state index in [-0.39, 0.29) is 31.4 Å². The third kappa shape index (κ3) is 5.94. The third-order valence-electron chi connectivity index (χ3n) is 6.43. The lowest BCUT2D eigenvalue weighted by atomic mass is 9.83. The Morgan fingerprint density at radius 2 is 1.73 bits per heavy atom. The van der Waals surface area contributed by atoms with Crippen molar-refractivity contribution in [3.8, 4) is 0 Å². The number of allylic oxidation sites excluding steroid dienone is 1. The second kappa shape index (κ2) is 11.2. The molecule has 190 valence electrons. The van der Waals surface area contributed by atoms with Crippen molar-refractivity contribution >= 4 is 23.5 Å². The fourth-order valence-corrected chi connectivity index (χ4v) is 4.49. The summed E-state index contributed by atoms with van der Waals surface area (Å²) in [5.41, 5.74) is 4.52. The SMILES string of the molecule is CCOC(=O)C1=C(C)N(Cc2cccc(C(=O)Nc3ccc(C)cc3)c2)C(=O)C[C@@H]1c1ccc(F)cc1. The number of amides is 2. The molecular weight excluding hydrogens is 471 g/mol. The highest BCUT2D eigenvalue weighted by Crippen LogP contribution is 2.37. The van der Waals surface area contributed by atoms with E-state index in [1.807, 2.05) is 37.3 Å². The van der Waals surface area contributed by atoms with Gasteiger partial charge in [-0.1, -0.05) is 42.0 Å². The zero-order valence-corrected chi connectivity index (χ0v) is 21.1. The molecular formula is C30H29FN2O4. The van der Waals surface area contributed by atoms with Crippen molar-refractivity contribution in [3.05, 3.63) is 112 Å². The van der Waals surface area contributed by atoms with Gasteiger partial charge in [-0.3, -0.25) is 9.59 Å². The molecule has 1 aliphatic rings. The van der Waals surface area contributed by atoms with E-state index in [0.29, 0.717) is 28.1 Å². The Morgan fingerprint density at radius 3 is 2.41 bits per heavy atom. The van der Waals surface area contributed by atoms with Crippen LogP contribution in [-0.2, 0) is 20.9 Å². The fourth-order valence-electron chi connectivity index (χ4n) is 4.49. The average Bonchev–Trinajstić information content (AvgIpc) is 2.88. The van der Waals surface area contributed by atoms with Gasteiger partial charge >= 0.3 is 5.97 Å². The van der Waals surface area contributed by atoms with E-state index in [0.717, 1.165) is 11.1 Å². The van der Waals surface area contributed by atoms with E-state index >= 15 is 0 Å². The molecule has 1 N–H and O–H groups in total. The molecule has 0 unspecified atom stereocenters. The first kappa shape index (κ1) is 25.8. The number of rotatable bonds is 7. The molecule has 0 saturated carbocycles. The van der Waals surface area contributed by atoms with Crippen LogP contribution in [0.2, 0.25) is 0 Å². The van der Waals surface area contributed by atoms with E-state index in [2.05, 4.69) is 5.32 Å². The predicted octanol–water partition coefficient (Wildman–Crippen LogP) is 5.74. The molecule has 2 amide bonds. The Hall–Kier alpha value is -4.26. The first-order valence-electron chi connectivity index (χ1n) is 12.2. The topological polar surface area (TPSA) is 75.7 Å². The second-order valence-electron chi connectivity index (χ2n) is 9.03. The van der Waals surface area contributed by atoms with Gasteiger partial charge in [0.2, 0.25) is 5.91 Å². The van der Waals surface area contributed by atoms with Crippen LogP contribution in [0.15, 0.2) is 84.1 Å². The first-order chi connectivity index (χ1) is 17.8. The van der Waals surface area contributed by atoms with Gasteiger partial charge in [-0.25, -0.2) is 9.18 Å². The lowest BCUT2D eigenvalue weighted by Crippen LogP contribution is -2.38. The van der Waals surface area contributed by atoms with Gasteiger partial charge in [0.05, 0.1) is 18.7 Å². The molecule has 3 aromatic rings. The predicted molar refractivity (Wildman–Crippen MR) is 139 cm³/mol. The van der Waals surface area contributed by atoms with E-state index in [1.165, 1.54) is 12.1 Å². The number of carbonyl (C=O) groups excluding carboxylic acids is 3. The van der Waals surface area contributed by atoms with Crippen molar-refractivity contribution in [1.82, 2.24) is 4.90 Å².